The number of aliphatic carboxylic acids is 1. The van der Waals surface area contributed by atoms with Crippen LogP contribution < -0.4 is 5.32 Å². The molecule has 0 amide bonds. The average Bonchev–Trinajstić information content (AvgIpc) is 2.82. The van der Waals surface area contributed by atoms with Gasteiger partial charge < -0.3 is 15.0 Å². The molecule has 23 heavy (non-hydrogen) atoms. The van der Waals surface area contributed by atoms with Crippen molar-refractivity contribution in [1.82, 2.24) is 9.88 Å². The molecule has 1 aromatic rings. The van der Waals surface area contributed by atoms with Gasteiger partial charge in [0.2, 0.25) is 0 Å². The van der Waals surface area contributed by atoms with Crippen LogP contribution in [-0.4, -0.2) is 21.2 Å². The van der Waals surface area contributed by atoms with Gasteiger partial charge in [-0.15, -0.1) is 0 Å². The molecule has 0 unspecified atom stereocenters. The maximum Gasteiger partial charge on any atom is 0.328 e. The topological polar surface area (TPSA) is 54.3 Å². The first-order valence-corrected chi connectivity index (χ1v) is 8.83. The Morgan fingerprint density at radius 1 is 1.30 bits per heavy atom. The van der Waals surface area contributed by atoms with Crippen molar-refractivity contribution in [3.05, 3.63) is 29.6 Å². The van der Waals surface area contributed by atoms with Crippen molar-refractivity contribution in [1.29, 1.82) is 0 Å². The first-order valence-electron chi connectivity index (χ1n) is 8.83. The molecule has 4 aliphatic rings. The molecule has 124 valence electrons. The molecule has 0 radical (unpaired) electrons. The number of hydrogen-bond acceptors (Lipinski definition) is 2. The van der Waals surface area contributed by atoms with E-state index < -0.39 is 5.97 Å². The van der Waals surface area contributed by atoms with Crippen LogP contribution in [0.5, 0.6) is 0 Å². The smallest absolute Gasteiger partial charge is 0.328 e. The van der Waals surface area contributed by atoms with Crippen LogP contribution in [0.15, 0.2) is 18.3 Å². The van der Waals surface area contributed by atoms with Crippen LogP contribution in [0.3, 0.4) is 0 Å². The second-order valence-corrected chi connectivity index (χ2v) is 8.11. The molecule has 4 nitrogen and oxygen atoms in total. The summed E-state index contributed by atoms with van der Waals surface area (Å²) in [6.45, 7) is 0.890. The van der Waals surface area contributed by atoms with Crippen molar-refractivity contribution in [2.75, 3.05) is 0 Å². The van der Waals surface area contributed by atoms with Crippen molar-refractivity contribution in [3.63, 3.8) is 0 Å². The van der Waals surface area contributed by atoms with Gasteiger partial charge in [-0.2, -0.15) is 0 Å². The standard InChI is InChI=1S/C19H26N2O2/c1-21-12-16(7-17(21)2-3-18(22)23)11-20-19-8-13-4-14(9-19)6-15(5-13)10-19/h2-3,7,12-15,20H,4-6,8-11H2,1H3,(H,22,23). The minimum absolute atomic E-state index is 0.377. The summed E-state index contributed by atoms with van der Waals surface area (Å²) in [6.07, 6.45) is 13.5. The summed E-state index contributed by atoms with van der Waals surface area (Å²) in [4.78, 5) is 10.7. The molecule has 1 heterocycles. The lowest BCUT2D eigenvalue weighted by atomic mass is 9.53. The number of nitrogens with one attached hydrogen (secondary N) is 1. The molecular weight excluding hydrogens is 288 g/mol. The Morgan fingerprint density at radius 2 is 1.91 bits per heavy atom. The van der Waals surface area contributed by atoms with Gasteiger partial charge in [0.25, 0.3) is 0 Å². The molecule has 0 atom stereocenters. The normalized spacial score (nSPS) is 35.3. The van der Waals surface area contributed by atoms with Crippen LogP contribution in [0.25, 0.3) is 6.08 Å². The van der Waals surface area contributed by atoms with E-state index in [1.165, 1.54) is 50.2 Å². The van der Waals surface area contributed by atoms with Gasteiger partial charge in [0.1, 0.15) is 0 Å². The van der Waals surface area contributed by atoms with E-state index in [0.717, 1.165) is 30.0 Å². The number of aromatic nitrogens is 1. The maximum atomic E-state index is 10.7. The summed E-state index contributed by atoms with van der Waals surface area (Å²) in [5.41, 5.74) is 2.56. The Kier molecular flexibility index (Phi) is 3.60. The first-order chi connectivity index (χ1) is 11.0. The van der Waals surface area contributed by atoms with Crippen molar-refractivity contribution < 1.29 is 9.90 Å². The van der Waals surface area contributed by atoms with Gasteiger partial charge in [-0.1, -0.05) is 0 Å². The van der Waals surface area contributed by atoms with E-state index in [2.05, 4.69) is 17.6 Å². The van der Waals surface area contributed by atoms with E-state index in [4.69, 9.17) is 5.11 Å². The fourth-order valence-corrected chi connectivity index (χ4v) is 5.69. The third-order valence-electron chi connectivity index (χ3n) is 6.20. The van der Waals surface area contributed by atoms with Crippen molar-refractivity contribution in [2.45, 2.75) is 50.6 Å². The summed E-state index contributed by atoms with van der Waals surface area (Å²) in [7, 11) is 1.97. The molecule has 4 fully saturated rings. The first kappa shape index (κ1) is 15.0. The Labute approximate surface area is 137 Å². The lowest BCUT2D eigenvalue weighted by molar-refractivity contribution is -0.131. The monoisotopic (exact) mass is 314 g/mol. The van der Waals surface area contributed by atoms with Gasteiger partial charge in [-0.05, 0) is 74.0 Å². The van der Waals surface area contributed by atoms with Crippen LogP contribution in [-0.2, 0) is 18.4 Å². The summed E-state index contributed by atoms with van der Waals surface area (Å²) < 4.78 is 2.00. The predicted octanol–water partition coefficient (Wildman–Crippen LogP) is 3.18. The van der Waals surface area contributed by atoms with E-state index in [-0.39, 0.29) is 0 Å². The number of aryl methyl sites for hydroxylation is 1. The van der Waals surface area contributed by atoms with Gasteiger partial charge in [0.05, 0.1) is 0 Å². The Balaban J connectivity index is 1.43. The molecule has 5 rings (SSSR count). The van der Waals surface area contributed by atoms with E-state index in [1.807, 2.05) is 11.6 Å². The largest absolute Gasteiger partial charge is 0.478 e. The van der Waals surface area contributed by atoms with E-state index in [9.17, 15) is 4.79 Å². The molecule has 0 saturated heterocycles. The number of nitrogens with zero attached hydrogens (tertiary/aromatic N) is 1. The quantitative estimate of drug-likeness (QED) is 0.821. The van der Waals surface area contributed by atoms with Crippen LogP contribution in [0.4, 0.5) is 0 Å². The molecule has 4 heteroatoms. The molecular formula is C19H26N2O2. The zero-order valence-electron chi connectivity index (χ0n) is 13.8. The fraction of sp³-hybridized carbons (Fsp3) is 0.632. The third kappa shape index (κ3) is 2.97. The highest BCUT2D eigenvalue weighted by Crippen LogP contribution is 2.55. The minimum Gasteiger partial charge on any atom is -0.478 e. The summed E-state index contributed by atoms with van der Waals surface area (Å²) in [6, 6.07) is 2.09. The van der Waals surface area contributed by atoms with Gasteiger partial charge in [0, 0.05) is 37.1 Å². The molecule has 4 bridgehead atoms. The third-order valence-corrected chi connectivity index (χ3v) is 6.20. The average molecular weight is 314 g/mol. The van der Waals surface area contributed by atoms with Crippen LogP contribution >= 0.6 is 0 Å². The van der Waals surface area contributed by atoms with Crippen molar-refractivity contribution in [3.8, 4) is 0 Å². The molecule has 2 N–H and O–H groups in total. The highest BCUT2D eigenvalue weighted by atomic mass is 16.4. The zero-order chi connectivity index (χ0) is 16.0. The Morgan fingerprint density at radius 3 is 2.48 bits per heavy atom. The minimum atomic E-state index is -0.903. The van der Waals surface area contributed by atoms with Crippen LogP contribution in [0, 0.1) is 17.8 Å². The summed E-state index contributed by atoms with van der Waals surface area (Å²) in [5.74, 6) is 1.97. The Bertz CT molecular complexity index is 609. The molecule has 4 aliphatic carbocycles. The highest BCUT2D eigenvalue weighted by Gasteiger charge is 2.50. The van der Waals surface area contributed by atoms with Gasteiger partial charge in [-0.25, -0.2) is 4.79 Å². The lowest BCUT2D eigenvalue weighted by Gasteiger charge is -2.57. The van der Waals surface area contributed by atoms with E-state index in [1.54, 1.807) is 6.08 Å². The molecule has 1 aromatic heterocycles. The molecule has 0 aliphatic heterocycles. The zero-order valence-corrected chi connectivity index (χ0v) is 13.8. The molecule has 0 spiro atoms. The summed E-state index contributed by atoms with van der Waals surface area (Å²) in [5, 5.41) is 12.7. The van der Waals surface area contributed by atoms with Gasteiger partial charge in [0.15, 0.2) is 0 Å². The van der Waals surface area contributed by atoms with Crippen LogP contribution in [0.2, 0.25) is 0 Å². The second kappa shape index (κ2) is 5.52. The maximum absolute atomic E-state index is 10.7. The SMILES string of the molecule is Cn1cc(CNC23CC4CC(CC(C4)C2)C3)cc1C=CC(=O)O. The summed E-state index contributed by atoms with van der Waals surface area (Å²) >= 11 is 0. The highest BCUT2D eigenvalue weighted by molar-refractivity contribution is 5.85. The lowest BCUT2D eigenvalue weighted by Crippen LogP contribution is -2.58. The van der Waals surface area contributed by atoms with Crippen LogP contribution in [0.1, 0.15) is 49.8 Å². The molecule has 0 aromatic carbocycles. The van der Waals surface area contributed by atoms with Crippen molar-refractivity contribution >= 4 is 12.0 Å². The number of rotatable bonds is 5. The number of hydrogen-bond donors (Lipinski definition) is 2. The van der Waals surface area contributed by atoms with Crippen molar-refractivity contribution in [2.24, 2.45) is 24.8 Å². The Hall–Kier alpha value is -1.55. The van der Waals surface area contributed by atoms with Gasteiger partial charge >= 0.3 is 5.97 Å². The fourth-order valence-electron chi connectivity index (χ4n) is 5.69. The second-order valence-electron chi connectivity index (χ2n) is 8.11. The number of carboxylic acids is 1. The van der Waals surface area contributed by atoms with E-state index >= 15 is 0 Å². The van der Waals surface area contributed by atoms with E-state index in [0.29, 0.717) is 5.54 Å². The van der Waals surface area contributed by atoms with Gasteiger partial charge in [-0.3, -0.25) is 0 Å². The molecule has 4 saturated carbocycles. The predicted molar refractivity (Wildman–Crippen MR) is 89.8 cm³/mol. The number of carboxylic acid groups (broad SMARTS) is 1. The number of carbonyl (C=O) groups is 1.